The molecule has 0 bridgehead atoms. The van der Waals surface area contributed by atoms with Crippen LogP contribution in [0, 0.1) is 11.3 Å². The van der Waals surface area contributed by atoms with Crippen LogP contribution in [-0.4, -0.2) is 39.5 Å². The van der Waals surface area contributed by atoms with E-state index in [-0.39, 0.29) is 24.9 Å². The Hall–Kier alpha value is -3.91. The fourth-order valence-electron chi connectivity index (χ4n) is 5.35. The van der Waals surface area contributed by atoms with Crippen molar-refractivity contribution in [1.29, 1.82) is 0 Å². The van der Waals surface area contributed by atoms with Crippen molar-refractivity contribution < 1.29 is 20.1 Å². The Morgan fingerprint density at radius 2 is 2.03 bits per heavy atom. The van der Waals surface area contributed by atoms with Crippen molar-refractivity contribution in [3.63, 3.8) is 0 Å². The second-order valence-electron chi connectivity index (χ2n) is 10.6. The van der Waals surface area contributed by atoms with Crippen LogP contribution in [0.4, 0.5) is 4.39 Å². The number of pyridine rings is 2. The lowest BCUT2D eigenvalue weighted by Crippen LogP contribution is -2.34. The summed E-state index contributed by atoms with van der Waals surface area (Å²) in [6.07, 6.45) is 12.9. The Morgan fingerprint density at radius 3 is 2.82 bits per heavy atom. The van der Waals surface area contributed by atoms with E-state index in [0.29, 0.717) is 55.7 Å². The molecule has 6 rings (SSSR count). The summed E-state index contributed by atoms with van der Waals surface area (Å²) in [5.41, 5.74) is 5.40. The number of Topliss-reactive ketones (excluding diaryl/α,β-unsaturated/α-hetero) is 1. The first-order chi connectivity index (χ1) is 18.3. The van der Waals surface area contributed by atoms with E-state index in [4.69, 9.17) is 4.74 Å². The summed E-state index contributed by atoms with van der Waals surface area (Å²) < 4.78 is 21.2. The van der Waals surface area contributed by atoms with E-state index in [0.717, 1.165) is 27.9 Å². The minimum atomic E-state index is -0.465. The second-order valence-corrected chi connectivity index (χ2v) is 10.6. The number of carbonyl (C=O) groups is 2. The van der Waals surface area contributed by atoms with E-state index >= 15 is 0 Å². The number of ether oxygens (including phenoxy) is 1. The summed E-state index contributed by atoms with van der Waals surface area (Å²) >= 11 is 0. The average molecular weight is 515 g/mol. The van der Waals surface area contributed by atoms with Gasteiger partial charge in [-0.25, -0.2) is 8.91 Å². The molecule has 1 fully saturated rings. The molecule has 3 aromatic heterocycles. The fourth-order valence-corrected chi connectivity index (χ4v) is 5.35. The molecule has 1 aliphatic heterocycles. The maximum absolute atomic E-state index is 14.0. The molecule has 38 heavy (non-hydrogen) atoms. The van der Waals surface area contributed by atoms with Crippen molar-refractivity contribution >= 4 is 22.8 Å². The van der Waals surface area contributed by atoms with Crippen LogP contribution in [0.2, 0.25) is 0 Å². The van der Waals surface area contributed by atoms with Gasteiger partial charge in [0.05, 0.1) is 28.5 Å². The van der Waals surface area contributed by atoms with Gasteiger partial charge in [-0.2, -0.15) is 5.10 Å². The number of ketones is 1. The number of hydrogen-bond donors (Lipinski definition) is 1. The molecule has 1 saturated heterocycles. The molecule has 0 aromatic carbocycles. The van der Waals surface area contributed by atoms with Crippen molar-refractivity contribution in [2.75, 3.05) is 13.2 Å². The van der Waals surface area contributed by atoms with Crippen LogP contribution in [0.15, 0.2) is 66.5 Å². The predicted molar refractivity (Wildman–Crippen MR) is 143 cm³/mol. The molecule has 196 valence electrons. The van der Waals surface area contributed by atoms with Gasteiger partial charge < -0.3 is 10.1 Å². The third-order valence-corrected chi connectivity index (χ3v) is 7.96. The molecule has 1 amide bonds. The molecule has 8 heteroatoms. The lowest BCUT2D eigenvalue weighted by Gasteiger charge is -2.31. The van der Waals surface area contributed by atoms with E-state index in [9.17, 15) is 14.0 Å². The van der Waals surface area contributed by atoms with Crippen LogP contribution in [-0.2, 0) is 11.2 Å². The van der Waals surface area contributed by atoms with Crippen LogP contribution in [0.5, 0.6) is 0 Å². The summed E-state index contributed by atoms with van der Waals surface area (Å²) in [7, 11) is 0. The van der Waals surface area contributed by atoms with Gasteiger partial charge in [-0.15, -0.1) is 0 Å². The quantitative estimate of drug-likeness (QED) is 0.457. The van der Waals surface area contributed by atoms with Crippen LogP contribution < -0.4 is 5.32 Å². The smallest absolute Gasteiger partial charge is 0.257 e. The molecule has 0 saturated carbocycles. The van der Waals surface area contributed by atoms with Crippen molar-refractivity contribution in [2.45, 2.75) is 39.5 Å². The first-order valence-electron chi connectivity index (χ1n) is 13.0. The van der Waals surface area contributed by atoms with Crippen molar-refractivity contribution in [1.82, 2.24) is 19.9 Å². The second kappa shape index (κ2) is 9.44. The highest BCUT2D eigenvalue weighted by atomic mass is 19.1. The maximum Gasteiger partial charge on any atom is 0.257 e. The molecule has 3 aromatic rings. The minimum Gasteiger partial charge on any atom is -0.381 e. The summed E-state index contributed by atoms with van der Waals surface area (Å²) in [5.74, 6) is -0.654. The fraction of sp³-hybridized carbons (Fsp3) is 0.333. The van der Waals surface area contributed by atoms with Gasteiger partial charge in [-0.3, -0.25) is 14.6 Å². The highest BCUT2D eigenvalue weighted by Gasteiger charge is 2.37. The van der Waals surface area contributed by atoms with Gasteiger partial charge in [0, 0.05) is 56.0 Å². The number of allylic oxidation sites excluding steroid dienone is 4. The first kappa shape index (κ1) is 24.4. The third-order valence-electron chi connectivity index (χ3n) is 7.96. The number of carbonyl (C=O) groups excluding carboxylic acids is 2. The largest absolute Gasteiger partial charge is 0.381 e. The van der Waals surface area contributed by atoms with Gasteiger partial charge in [0.25, 0.3) is 5.91 Å². The monoisotopic (exact) mass is 514 g/mol. The number of nitrogens with one attached hydrogen (secondary N) is 1. The lowest BCUT2D eigenvalue weighted by atomic mass is 9.76. The molecule has 7 nitrogen and oxygen atoms in total. The molecule has 0 radical (unpaired) electrons. The van der Waals surface area contributed by atoms with Crippen molar-refractivity contribution in [3.05, 3.63) is 94.5 Å². The maximum atomic E-state index is 14.0. The summed E-state index contributed by atoms with van der Waals surface area (Å²) in [6.45, 7) is 4.99. The Bertz CT molecular complexity index is 1570. The number of fused-ring (bicyclic) bond motifs is 2. The molecular weight excluding hydrogens is 483 g/mol. The van der Waals surface area contributed by atoms with E-state index in [2.05, 4.69) is 21.5 Å². The molecule has 2 aliphatic carbocycles. The Kier molecular flexibility index (Phi) is 6.07. The zero-order valence-corrected chi connectivity index (χ0v) is 21.5. The minimum absolute atomic E-state index is 0. The molecule has 1 unspecified atom stereocenters. The van der Waals surface area contributed by atoms with Crippen LogP contribution in [0.3, 0.4) is 0 Å². The van der Waals surface area contributed by atoms with E-state index in [1.807, 2.05) is 44.3 Å². The van der Waals surface area contributed by atoms with E-state index in [1.165, 1.54) is 6.08 Å². The number of rotatable bonds is 5. The van der Waals surface area contributed by atoms with E-state index in [1.54, 1.807) is 16.9 Å². The highest BCUT2D eigenvalue weighted by Crippen LogP contribution is 2.37. The average Bonchev–Trinajstić information content (AvgIpc) is 3.54. The topological polar surface area (TPSA) is 85.6 Å². The highest BCUT2D eigenvalue weighted by molar-refractivity contribution is 6.06. The van der Waals surface area contributed by atoms with Crippen LogP contribution in [0.1, 0.15) is 72.1 Å². The zero-order chi connectivity index (χ0) is 26.4. The number of hydrogen-bond acceptors (Lipinski definition) is 5. The molecule has 0 spiro atoms. The number of halogens is 1. The Balaban J connectivity index is 0.00000308. The Morgan fingerprint density at radius 1 is 1.21 bits per heavy atom. The van der Waals surface area contributed by atoms with Gasteiger partial charge in [0.2, 0.25) is 0 Å². The molecule has 3 aliphatic rings. The molecule has 1 N–H and O–H groups in total. The number of aromatic nitrogens is 3. The van der Waals surface area contributed by atoms with Crippen LogP contribution >= 0.6 is 0 Å². The van der Waals surface area contributed by atoms with Gasteiger partial charge in [-0.1, -0.05) is 26.0 Å². The summed E-state index contributed by atoms with van der Waals surface area (Å²) in [5, 5.41) is 7.22. The normalized spacial score (nSPS) is 20.4. The summed E-state index contributed by atoms with van der Waals surface area (Å²) in [6, 6.07) is 5.77. The molecule has 4 heterocycles. The van der Waals surface area contributed by atoms with E-state index < -0.39 is 5.41 Å². The summed E-state index contributed by atoms with van der Waals surface area (Å²) in [4.78, 5) is 31.0. The van der Waals surface area contributed by atoms with Gasteiger partial charge >= 0.3 is 0 Å². The van der Waals surface area contributed by atoms with Crippen molar-refractivity contribution in [3.8, 4) is 0 Å². The van der Waals surface area contributed by atoms with Gasteiger partial charge in [0.15, 0.2) is 5.78 Å². The van der Waals surface area contributed by atoms with Crippen molar-refractivity contribution in [2.24, 2.45) is 11.3 Å². The van der Waals surface area contributed by atoms with Crippen LogP contribution in [0.25, 0.3) is 11.1 Å². The lowest BCUT2D eigenvalue weighted by molar-refractivity contribution is 0.0236. The number of amides is 1. The SMILES string of the molecule is CC1CC=C(NC(=O)c2cnc3c(c2)C(c2ccn4ncc(C(=O)C5(C)CCOCC5)c4c2)=CC3)C=C1F.[HH]. The first-order valence-corrected chi connectivity index (χ1v) is 13.0. The number of nitrogens with zero attached hydrogens (tertiary/aromatic N) is 3. The van der Waals surface area contributed by atoms with Gasteiger partial charge in [-0.05, 0) is 54.7 Å². The zero-order valence-electron chi connectivity index (χ0n) is 21.5. The molecule has 1 atom stereocenters. The predicted octanol–water partition coefficient (Wildman–Crippen LogP) is 5.47. The standard InChI is InChI=1S/C30H29FN4O3.H2/c1-18-3-4-21(15-25(18)31)34-29(37)20-13-23-22(5-6-26(23)32-16-20)19-7-10-35-27(14-19)24(17-33-35)28(36)30(2)8-11-38-12-9-30;/h4-5,7,10,13-18H,3,6,8-9,11-12H2,1-2H3,(H,34,37);1H. The van der Waals surface area contributed by atoms with Gasteiger partial charge in [0.1, 0.15) is 5.83 Å². The Labute approximate surface area is 221 Å². The third kappa shape index (κ3) is 4.28. The molecular formula is C30H31FN4O3.